The molecular weight excluding hydrogens is 220 g/mol. The summed E-state index contributed by atoms with van der Waals surface area (Å²) in [6.07, 6.45) is 9.48. The number of aryl methyl sites for hydroxylation is 1. The average Bonchev–Trinajstić information content (AvgIpc) is 2.56. The van der Waals surface area contributed by atoms with Crippen molar-refractivity contribution < 1.29 is 4.79 Å². The van der Waals surface area contributed by atoms with Crippen molar-refractivity contribution in [1.82, 2.24) is 0 Å². The Morgan fingerprint density at radius 3 is 2.83 bits per heavy atom. The topological polar surface area (TPSA) is 17.1 Å². The quantitative estimate of drug-likeness (QED) is 0.537. The van der Waals surface area contributed by atoms with Crippen molar-refractivity contribution in [3.63, 3.8) is 0 Å². The minimum atomic E-state index is 0.283. The predicted molar refractivity (Wildman–Crippen MR) is 76.0 cm³/mol. The van der Waals surface area contributed by atoms with Gasteiger partial charge in [-0.25, -0.2) is 0 Å². The second-order valence-electron chi connectivity index (χ2n) is 5.46. The third-order valence-corrected chi connectivity index (χ3v) is 4.06. The van der Waals surface area contributed by atoms with Crippen LogP contribution in [0.25, 0.3) is 0 Å². The first-order valence-corrected chi connectivity index (χ1v) is 7.45. The summed E-state index contributed by atoms with van der Waals surface area (Å²) in [6, 6.07) is 8.18. The maximum absolute atomic E-state index is 12.5. The second kappa shape index (κ2) is 6.72. The lowest BCUT2D eigenvalue weighted by Gasteiger charge is -2.13. The minimum absolute atomic E-state index is 0.283. The average molecular weight is 244 g/mol. The molecule has 0 spiro atoms. The number of hydrogen-bond donors (Lipinski definition) is 0. The van der Waals surface area contributed by atoms with E-state index >= 15 is 0 Å². The van der Waals surface area contributed by atoms with Crippen molar-refractivity contribution in [2.75, 3.05) is 0 Å². The first kappa shape index (κ1) is 13.3. The lowest BCUT2D eigenvalue weighted by atomic mass is 9.90. The molecule has 0 radical (unpaired) electrons. The zero-order chi connectivity index (χ0) is 12.8. The van der Waals surface area contributed by atoms with Crippen LogP contribution in [0, 0.1) is 5.92 Å². The van der Waals surface area contributed by atoms with E-state index in [1.54, 1.807) is 0 Å². The van der Waals surface area contributed by atoms with Crippen molar-refractivity contribution in [1.29, 1.82) is 0 Å². The van der Waals surface area contributed by atoms with Crippen LogP contribution < -0.4 is 0 Å². The van der Waals surface area contributed by atoms with Crippen LogP contribution in [0.5, 0.6) is 0 Å². The molecule has 1 heteroatoms. The zero-order valence-corrected chi connectivity index (χ0v) is 11.5. The fourth-order valence-corrected chi connectivity index (χ4v) is 2.96. The highest BCUT2D eigenvalue weighted by Crippen LogP contribution is 2.28. The second-order valence-corrected chi connectivity index (χ2v) is 5.46. The number of hydrogen-bond acceptors (Lipinski definition) is 1. The third-order valence-electron chi connectivity index (χ3n) is 4.06. The van der Waals surface area contributed by atoms with Gasteiger partial charge in [-0.15, -0.1) is 0 Å². The van der Waals surface area contributed by atoms with Crippen molar-refractivity contribution in [2.24, 2.45) is 5.92 Å². The van der Waals surface area contributed by atoms with E-state index in [1.165, 1.54) is 37.7 Å². The Morgan fingerprint density at radius 2 is 2.00 bits per heavy atom. The molecule has 98 valence electrons. The Balaban J connectivity index is 1.99. The molecule has 0 heterocycles. The Hall–Kier alpha value is -1.11. The molecule has 0 saturated heterocycles. The normalized spacial score (nSPS) is 19.4. The van der Waals surface area contributed by atoms with E-state index in [2.05, 4.69) is 13.0 Å². The molecule has 1 aliphatic carbocycles. The van der Waals surface area contributed by atoms with Gasteiger partial charge in [0.25, 0.3) is 0 Å². The summed E-state index contributed by atoms with van der Waals surface area (Å²) in [7, 11) is 0. The largest absolute Gasteiger partial charge is 0.294 e. The fraction of sp³-hybridized carbons (Fsp3) is 0.588. The van der Waals surface area contributed by atoms with Crippen LogP contribution in [0.1, 0.15) is 67.8 Å². The number of rotatable bonds is 5. The van der Waals surface area contributed by atoms with Gasteiger partial charge < -0.3 is 0 Å². The monoisotopic (exact) mass is 244 g/mol. The molecule has 1 aromatic carbocycles. The van der Waals surface area contributed by atoms with Gasteiger partial charge in [0.2, 0.25) is 0 Å². The van der Waals surface area contributed by atoms with Crippen molar-refractivity contribution in [3.8, 4) is 0 Å². The van der Waals surface area contributed by atoms with E-state index in [1.807, 2.05) is 18.2 Å². The van der Waals surface area contributed by atoms with Gasteiger partial charge in [0.05, 0.1) is 0 Å². The minimum Gasteiger partial charge on any atom is -0.294 e. The molecule has 0 saturated carbocycles. The highest BCUT2D eigenvalue weighted by Gasteiger charge is 2.24. The van der Waals surface area contributed by atoms with E-state index in [9.17, 15) is 4.79 Å². The molecule has 1 aromatic rings. The number of Topliss-reactive ketones (excluding diaryl/α,β-unsaturated/α-hetero) is 1. The number of carbonyl (C=O) groups is 1. The lowest BCUT2D eigenvalue weighted by molar-refractivity contribution is 0.0907. The van der Waals surface area contributed by atoms with Gasteiger partial charge in [-0.2, -0.15) is 0 Å². The van der Waals surface area contributed by atoms with Crippen LogP contribution in [-0.4, -0.2) is 5.78 Å². The molecule has 0 N–H and O–H groups in total. The van der Waals surface area contributed by atoms with Crippen molar-refractivity contribution >= 4 is 5.78 Å². The standard InChI is InChI=1S/C17H24O/c1-2-3-4-5-10-15-12-8-11-14-9-6-7-13-16(14)17(15)18/h6-7,9,13,15H,2-5,8,10-12H2,1H3. The van der Waals surface area contributed by atoms with Gasteiger partial charge in [-0.05, 0) is 31.2 Å². The fourth-order valence-electron chi connectivity index (χ4n) is 2.96. The predicted octanol–water partition coefficient (Wildman–Crippen LogP) is 4.79. The number of fused-ring (bicyclic) bond motifs is 1. The summed E-state index contributed by atoms with van der Waals surface area (Å²) < 4.78 is 0. The van der Waals surface area contributed by atoms with Crippen molar-refractivity contribution in [2.45, 2.75) is 58.3 Å². The highest BCUT2D eigenvalue weighted by atomic mass is 16.1. The van der Waals surface area contributed by atoms with Crippen LogP contribution in [-0.2, 0) is 6.42 Å². The zero-order valence-electron chi connectivity index (χ0n) is 11.5. The van der Waals surface area contributed by atoms with E-state index in [0.29, 0.717) is 5.78 Å². The molecule has 1 atom stereocenters. The van der Waals surface area contributed by atoms with E-state index in [0.717, 1.165) is 24.8 Å². The maximum atomic E-state index is 12.5. The lowest BCUT2D eigenvalue weighted by Crippen LogP contribution is -2.14. The molecule has 0 bridgehead atoms. The van der Waals surface area contributed by atoms with Gasteiger partial charge in [0, 0.05) is 11.5 Å². The number of carbonyl (C=O) groups excluding carboxylic acids is 1. The summed E-state index contributed by atoms with van der Waals surface area (Å²) >= 11 is 0. The Morgan fingerprint density at radius 1 is 1.17 bits per heavy atom. The van der Waals surface area contributed by atoms with E-state index in [4.69, 9.17) is 0 Å². The summed E-state index contributed by atoms with van der Waals surface area (Å²) in [5.41, 5.74) is 2.26. The summed E-state index contributed by atoms with van der Waals surface area (Å²) in [6.45, 7) is 2.23. The van der Waals surface area contributed by atoms with E-state index in [-0.39, 0.29) is 5.92 Å². The Bertz CT molecular complexity index is 394. The first-order valence-electron chi connectivity index (χ1n) is 7.45. The van der Waals surface area contributed by atoms with Gasteiger partial charge in [0.15, 0.2) is 5.78 Å². The first-order chi connectivity index (χ1) is 8.83. The van der Waals surface area contributed by atoms with Crippen LogP contribution in [0.2, 0.25) is 0 Å². The molecule has 0 amide bonds. The summed E-state index contributed by atoms with van der Waals surface area (Å²) in [5.74, 6) is 0.685. The summed E-state index contributed by atoms with van der Waals surface area (Å²) in [5, 5.41) is 0. The Labute approximate surface area is 111 Å². The molecule has 0 aromatic heterocycles. The van der Waals surface area contributed by atoms with Gasteiger partial charge in [-0.1, -0.05) is 56.9 Å². The smallest absolute Gasteiger partial charge is 0.166 e. The molecule has 0 aliphatic heterocycles. The molecule has 0 fully saturated rings. The molecule has 2 rings (SSSR count). The number of ketones is 1. The highest BCUT2D eigenvalue weighted by molar-refractivity contribution is 5.99. The van der Waals surface area contributed by atoms with Crippen LogP contribution >= 0.6 is 0 Å². The Kier molecular flexibility index (Phi) is 4.98. The third kappa shape index (κ3) is 3.22. The van der Waals surface area contributed by atoms with E-state index < -0.39 is 0 Å². The molecule has 18 heavy (non-hydrogen) atoms. The number of benzene rings is 1. The van der Waals surface area contributed by atoms with Gasteiger partial charge in [-0.3, -0.25) is 4.79 Å². The molecule has 1 aliphatic rings. The van der Waals surface area contributed by atoms with Crippen LogP contribution in [0.4, 0.5) is 0 Å². The molecule has 1 nitrogen and oxygen atoms in total. The molecular formula is C17H24O. The van der Waals surface area contributed by atoms with Crippen LogP contribution in [0.3, 0.4) is 0 Å². The summed E-state index contributed by atoms with van der Waals surface area (Å²) in [4.78, 5) is 12.5. The van der Waals surface area contributed by atoms with Gasteiger partial charge >= 0.3 is 0 Å². The maximum Gasteiger partial charge on any atom is 0.166 e. The number of unbranched alkanes of at least 4 members (excludes halogenated alkanes) is 3. The SMILES string of the molecule is CCCCCCC1CCCc2ccccc2C1=O. The van der Waals surface area contributed by atoms with Gasteiger partial charge in [0.1, 0.15) is 0 Å². The molecule has 1 unspecified atom stereocenters. The van der Waals surface area contributed by atoms with Crippen molar-refractivity contribution in [3.05, 3.63) is 35.4 Å². The van der Waals surface area contributed by atoms with Crippen LogP contribution in [0.15, 0.2) is 24.3 Å².